The predicted molar refractivity (Wildman–Crippen MR) is 65.2 cm³/mol. The van der Waals surface area contributed by atoms with Crippen molar-refractivity contribution >= 4 is 28.5 Å². The van der Waals surface area contributed by atoms with Crippen molar-refractivity contribution in [2.24, 2.45) is 0 Å². The van der Waals surface area contributed by atoms with Gasteiger partial charge in [-0.1, -0.05) is 22.7 Å². The van der Waals surface area contributed by atoms with Gasteiger partial charge in [-0.25, -0.2) is 0 Å². The number of carbonyl (C=O) groups is 1. The monoisotopic (exact) mass is 254 g/mol. The summed E-state index contributed by atoms with van der Waals surface area (Å²) in [5.74, 6) is 0.0154. The topological polar surface area (TPSA) is 35.5 Å². The number of rotatable bonds is 4. The SMILES string of the molecule is COc1ccc(C(=O)c2ccc(OC)s2)s1. The highest BCUT2D eigenvalue weighted by molar-refractivity contribution is 7.19. The molecule has 0 aliphatic carbocycles. The lowest BCUT2D eigenvalue weighted by Gasteiger charge is -1.93. The van der Waals surface area contributed by atoms with E-state index in [4.69, 9.17) is 9.47 Å². The average molecular weight is 254 g/mol. The van der Waals surface area contributed by atoms with Crippen molar-refractivity contribution in [3.05, 3.63) is 34.0 Å². The van der Waals surface area contributed by atoms with Crippen molar-refractivity contribution in [2.75, 3.05) is 14.2 Å². The molecular weight excluding hydrogens is 244 g/mol. The van der Waals surface area contributed by atoms with E-state index in [0.717, 1.165) is 10.1 Å². The second kappa shape index (κ2) is 4.67. The smallest absolute Gasteiger partial charge is 0.213 e. The lowest BCUT2D eigenvalue weighted by atomic mass is 10.3. The fourth-order valence-corrected chi connectivity index (χ4v) is 2.84. The van der Waals surface area contributed by atoms with Crippen molar-refractivity contribution in [1.82, 2.24) is 0 Å². The molecule has 0 atom stereocenters. The van der Waals surface area contributed by atoms with Gasteiger partial charge in [0.2, 0.25) is 5.78 Å². The van der Waals surface area contributed by atoms with E-state index in [2.05, 4.69) is 0 Å². The molecule has 16 heavy (non-hydrogen) atoms. The zero-order chi connectivity index (χ0) is 11.5. The normalized spacial score (nSPS) is 10.1. The maximum Gasteiger partial charge on any atom is 0.213 e. The average Bonchev–Trinajstić information content (AvgIpc) is 2.97. The summed E-state index contributed by atoms with van der Waals surface area (Å²) in [6.07, 6.45) is 0. The van der Waals surface area contributed by atoms with Crippen LogP contribution in [0.4, 0.5) is 0 Å². The molecule has 2 heterocycles. The zero-order valence-electron chi connectivity index (χ0n) is 8.85. The molecule has 0 saturated heterocycles. The highest BCUT2D eigenvalue weighted by atomic mass is 32.1. The van der Waals surface area contributed by atoms with Gasteiger partial charge in [-0.2, -0.15) is 0 Å². The summed E-state index contributed by atoms with van der Waals surface area (Å²) >= 11 is 2.69. The molecule has 0 radical (unpaired) electrons. The Morgan fingerprint density at radius 2 is 1.38 bits per heavy atom. The number of methoxy groups -OCH3 is 2. The van der Waals surface area contributed by atoms with Gasteiger partial charge in [-0.3, -0.25) is 4.79 Å². The van der Waals surface area contributed by atoms with Crippen LogP contribution in [0.25, 0.3) is 0 Å². The van der Waals surface area contributed by atoms with Crippen LogP contribution in [0.1, 0.15) is 14.5 Å². The number of hydrogen-bond donors (Lipinski definition) is 0. The Labute approximate surface area is 101 Å². The summed E-state index contributed by atoms with van der Waals surface area (Å²) in [7, 11) is 3.18. The Hall–Kier alpha value is -1.33. The van der Waals surface area contributed by atoms with E-state index in [1.54, 1.807) is 38.5 Å². The van der Waals surface area contributed by atoms with Crippen LogP contribution in [0.5, 0.6) is 10.1 Å². The molecule has 2 aromatic heterocycles. The van der Waals surface area contributed by atoms with Gasteiger partial charge in [0.25, 0.3) is 0 Å². The first-order valence-corrected chi connectivity index (χ1v) is 6.20. The molecule has 2 rings (SSSR count). The van der Waals surface area contributed by atoms with Crippen molar-refractivity contribution < 1.29 is 14.3 Å². The molecule has 0 spiro atoms. The molecule has 0 bridgehead atoms. The Bertz CT molecular complexity index is 455. The number of ketones is 1. The summed E-state index contributed by atoms with van der Waals surface area (Å²) < 4.78 is 10.1. The van der Waals surface area contributed by atoms with Crippen LogP contribution in [0.3, 0.4) is 0 Å². The molecule has 3 nitrogen and oxygen atoms in total. The molecule has 0 unspecified atom stereocenters. The van der Waals surface area contributed by atoms with Gasteiger partial charge in [0, 0.05) is 0 Å². The van der Waals surface area contributed by atoms with Gasteiger partial charge < -0.3 is 9.47 Å². The van der Waals surface area contributed by atoms with Crippen LogP contribution < -0.4 is 9.47 Å². The minimum Gasteiger partial charge on any atom is -0.487 e. The summed E-state index contributed by atoms with van der Waals surface area (Å²) in [4.78, 5) is 13.4. The van der Waals surface area contributed by atoms with E-state index in [-0.39, 0.29) is 5.78 Å². The van der Waals surface area contributed by atoms with Crippen molar-refractivity contribution in [1.29, 1.82) is 0 Å². The minimum atomic E-state index is 0.0154. The van der Waals surface area contributed by atoms with E-state index in [1.165, 1.54) is 22.7 Å². The Balaban J connectivity index is 2.24. The molecule has 84 valence electrons. The van der Waals surface area contributed by atoms with Gasteiger partial charge in [-0.15, -0.1) is 0 Å². The van der Waals surface area contributed by atoms with Crippen molar-refractivity contribution in [3.63, 3.8) is 0 Å². The van der Waals surface area contributed by atoms with Crippen molar-refractivity contribution in [2.45, 2.75) is 0 Å². The minimum absolute atomic E-state index is 0.0154. The third kappa shape index (κ3) is 2.10. The molecule has 5 heteroatoms. The van der Waals surface area contributed by atoms with Crippen LogP contribution in [-0.2, 0) is 0 Å². The third-order valence-electron chi connectivity index (χ3n) is 2.01. The molecule has 0 N–H and O–H groups in total. The molecule has 0 aromatic carbocycles. The first-order valence-electron chi connectivity index (χ1n) is 4.57. The van der Waals surface area contributed by atoms with Crippen LogP contribution in [0, 0.1) is 0 Å². The zero-order valence-corrected chi connectivity index (χ0v) is 10.5. The van der Waals surface area contributed by atoms with E-state index in [9.17, 15) is 4.79 Å². The second-order valence-electron chi connectivity index (χ2n) is 2.97. The van der Waals surface area contributed by atoms with Gasteiger partial charge >= 0.3 is 0 Å². The van der Waals surface area contributed by atoms with E-state index in [1.807, 2.05) is 0 Å². The van der Waals surface area contributed by atoms with E-state index < -0.39 is 0 Å². The Morgan fingerprint density at radius 1 is 0.938 bits per heavy atom. The summed E-state index contributed by atoms with van der Waals surface area (Å²) in [6.45, 7) is 0. The lowest BCUT2D eigenvalue weighted by molar-refractivity contribution is 0.104. The molecular formula is C11H10O3S2. The van der Waals surface area contributed by atoms with Gasteiger partial charge in [0.15, 0.2) is 10.1 Å². The number of hydrogen-bond acceptors (Lipinski definition) is 5. The molecule has 2 aromatic rings. The van der Waals surface area contributed by atoms with Gasteiger partial charge in [-0.05, 0) is 24.3 Å². The fraction of sp³-hybridized carbons (Fsp3) is 0.182. The van der Waals surface area contributed by atoms with E-state index in [0.29, 0.717) is 9.75 Å². The van der Waals surface area contributed by atoms with Crippen molar-refractivity contribution in [3.8, 4) is 10.1 Å². The number of ether oxygens (including phenoxy) is 2. The summed E-state index contributed by atoms with van der Waals surface area (Å²) in [5, 5.41) is 1.48. The molecule has 0 aliphatic heterocycles. The third-order valence-corrected chi connectivity index (χ3v) is 4.10. The van der Waals surface area contributed by atoms with Crippen LogP contribution in [-0.4, -0.2) is 20.0 Å². The summed E-state index contributed by atoms with van der Waals surface area (Å²) in [6, 6.07) is 7.14. The largest absolute Gasteiger partial charge is 0.487 e. The maximum atomic E-state index is 12.0. The van der Waals surface area contributed by atoms with Crippen LogP contribution >= 0.6 is 22.7 Å². The first-order chi connectivity index (χ1) is 7.74. The van der Waals surface area contributed by atoms with Gasteiger partial charge in [0.1, 0.15) is 0 Å². The number of thiophene rings is 2. The maximum absolute atomic E-state index is 12.0. The van der Waals surface area contributed by atoms with E-state index >= 15 is 0 Å². The Morgan fingerprint density at radius 3 is 1.69 bits per heavy atom. The fourth-order valence-electron chi connectivity index (χ4n) is 1.23. The summed E-state index contributed by atoms with van der Waals surface area (Å²) in [5.41, 5.74) is 0. The Kier molecular flexibility index (Phi) is 3.26. The highest BCUT2D eigenvalue weighted by Crippen LogP contribution is 2.30. The number of carbonyl (C=O) groups excluding carboxylic acids is 1. The quantitative estimate of drug-likeness (QED) is 0.787. The second-order valence-corrected chi connectivity index (χ2v) is 5.07. The molecule has 0 saturated carbocycles. The predicted octanol–water partition coefficient (Wildman–Crippen LogP) is 3.06. The van der Waals surface area contributed by atoms with Crippen LogP contribution in [0.2, 0.25) is 0 Å². The highest BCUT2D eigenvalue weighted by Gasteiger charge is 2.14. The molecule has 0 fully saturated rings. The first kappa shape index (κ1) is 11.2. The standard InChI is InChI=1S/C11H10O3S2/c1-13-9-5-3-7(15-9)11(12)8-4-6-10(14-2)16-8/h3-6H,1-2H3. The lowest BCUT2D eigenvalue weighted by Crippen LogP contribution is -1.93. The van der Waals surface area contributed by atoms with Gasteiger partial charge in [0.05, 0.1) is 24.0 Å². The van der Waals surface area contributed by atoms with Crippen LogP contribution in [0.15, 0.2) is 24.3 Å². The molecule has 0 aliphatic rings. The molecule has 0 amide bonds.